The monoisotopic (exact) mass is 355 g/mol. The summed E-state index contributed by atoms with van der Waals surface area (Å²) in [6, 6.07) is 8.03. The van der Waals surface area contributed by atoms with Crippen molar-refractivity contribution in [3.05, 3.63) is 35.5 Å². The molecule has 1 fully saturated rings. The van der Waals surface area contributed by atoms with Crippen molar-refractivity contribution in [2.45, 2.75) is 20.4 Å². The van der Waals surface area contributed by atoms with Gasteiger partial charge in [-0.25, -0.2) is 4.98 Å². The molecule has 0 atom stereocenters. The van der Waals surface area contributed by atoms with E-state index in [0.29, 0.717) is 19.3 Å². The second kappa shape index (κ2) is 7.37. The summed E-state index contributed by atoms with van der Waals surface area (Å²) in [5.41, 5.74) is 2.08. The Bertz CT molecular complexity index is 775. The van der Waals surface area contributed by atoms with Crippen LogP contribution in [0.4, 0.5) is 11.8 Å². The summed E-state index contributed by atoms with van der Waals surface area (Å²) in [6.45, 7) is 10.4. The second-order valence-electron chi connectivity index (χ2n) is 6.65. The molecule has 1 aromatic carbocycles. The minimum absolute atomic E-state index is 0.294. The molecule has 1 aromatic heterocycles. The van der Waals surface area contributed by atoms with E-state index < -0.39 is 0 Å². The Hall–Kier alpha value is -2.54. The van der Waals surface area contributed by atoms with E-state index in [1.807, 2.05) is 25.1 Å². The quantitative estimate of drug-likeness (QED) is 0.883. The first-order valence-corrected chi connectivity index (χ1v) is 9.16. The highest BCUT2D eigenvalue weighted by Gasteiger charge is 2.18. The summed E-state index contributed by atoms with van der Waals surface area (Å²) >= 11 is 0. The molecule has 0 radical (unpaired) electrons. The fraction of sp³-hybridized carbons (Fsp3) is 0.474. The molecule has 0 spiro atoms. The molecule has 2 aliphatic rings. The molecular formula is C19H25N5O2. The average Bonchev–Trinajstić information content (AvgIpc) is 3.14. The van der Waals surface area contributed by atoms with Gasteiger partial charge < -0.3 is 24.6 Å². The first-order valence-electron chi connectivity index (χ1n) is 9.16. The maximum absolute atomic E-state index is 5.43. The maximum atomic E-state index is 5.43. The van der Waals surface area contributed by atoms with Crippen LogP contribution in [-0.4, -0.2) is 54.4 Å². The number of nitrogens with zero attached hydrogens (tertiary/aromatic N) is 4. The highest BCUT2D eigenvalue weighted by atomic mass is 16.7. The number of hydrogen-bond donors (Lipinski definition) is 1. The molecule has 0 amide bonds. The number of nitrogens with one attached hydrogen (secondary N) is 1. The van der Waals surface area contributed by atoms with Gasteiger partial charge in [0.25, 0.3) is 0 Å². The van der Waals surface area contributed by atoms with Gasteiger partial charge in [-0.3, -0.25) is 0 Å². The fourth-order valence-corrected chi connectivity index (χ4v) is 3.32. The van der Waals surface area contributed by atoms with Gasteiger partial charge in [0.1, 0.15) is 5.82 Å². The van der Waals surface area contributed by atoms with Gasteiger partial charge in [0, 0.05) is 44.5 Å². The van der Waals surface area contributed by atoms with Crippen LogP contribution in [0.1, 0.15) is 18.2 Å². The third kappa shape index (κ3) is 3.67. The molecule has 26 heavy (non-hydrogen) atoms. The molecule has 0 unspecified atom stereocenters. The number of aromatic nitrogens is 2. The van der Waals surface area contributed by atoms with Crippen LogP contribution in [-0.2, 0) is 6.54 Å². The molecule has 0 saturated carbocycles. The molecule has 0 aliphatic carbocycles. The second-order valence-corrected chi connectivity index (χ2v) is 6.65. The molecular weight excluding hydrogens is 330 g/mol. The number of hydrogen-bond acceptors (Lipinski definition) is 7. The fourth-order valence-electron chi connectivity index (χ4n) is 3.32. The van der Waals surface area contributed by atoms with Crippen LogP contribution in [0.5, 0.6) is 11.5 Å². The van der Waals surface area contributed by atoms with Crippen LogP contribution in [0.15, 0.2) is 24.3 Å². The van der Waals surface area contributed by atoms with Crippen molar-refractivity contribution in [1.29, 1.82) is 0 Å². The lowest BCUT2D eigenvalue weighted by molar-refractivity contribution is 0.174. The molecule has 1 saturated heterocycles. The Morgan fingerprint density at radius 3 is 2.65 bits per heavy atom. The Morgan fingerprint density at radius 2 is 1.85 bits per heavy atom. The number of likely N-dealkylation sites (N-methyl/N-ethyl adjacent to an activating group) is 1. The van der Waals surface area contributed by atoms with Crippen molar-refractivity contribution in [3.8, 4) is 11.5 Å². The first kappa shape index (κ1) is 16.9. The highest BCUT2D eigenvalue weighted by molar-refractivity contribution is 5.47. The van der Waals surface area contributed by atoms with Gasteiger partial charge in [-0.15, -0.1) is 0 Å². The van der Waals surface area contributed by atoms with Gasteiger partial charge in [-0.1, -0.05) is 13.0 Å². The lowest BCUT2D eigenvalue weighted by Gasteiger charge is -2.34. The Morgan fingerprint density at radius 1 is 1.04 bits per heavy atom. The number of ether oxygens (including phenoxy) is 2. The average molecular weight is 355 g/mol. The summed E-state index contributed by atoms with van der Waals surface area (Å²) in [5, 5.41) is 3.34. The van der Waals surface area contributed by atoms with Gasteiger partial charge in [0.2, 0.25) is 12.7 Å². The standard InChI is InChI=1S/C19H25N5O2/c1-3-23-6-8-24(9-7-23)18-10-14(2)21-19(22-18)20-12-15-4-5-16-17(11-15)26-13-25-16/h4-5,10-11H,3,6-9,12-13H2,1-2H3,(H,20,21,22). The third-order valence-electron chi connectivity index (χ3n) is 4.87. The number of anilines is 2. The van der Waals surface area contributed by atoms with Crippen molar-refractivity contribution >= 4 is 11.8 Å². The van der Waals surface area contributed by atoms with E-state index in [9.17, 15) is 0 Å². The maximum Gasteiger partial charge on any atom is 0.231 e. The molecule has 4 rings (SSSR count). The van der Waals surface area contributed by atoms with Gasteiger partial charge >= 0.3 is 0 Å². The normalized spacial score (nSPS) is 16.8. The smallest absolute Gasteiger partial charge is 0.231 e. The van der Waals surface area contributed by atoms with Gasteiger partial charge in [0.05, 0.1) is 0 Å². The lowest BCUT2D eigenvalue weighted by atomic mass is 10.2. The number of fused-ring (bicyclic) bond motifs is 1. The van der Waals surface area contributed by atoms with E-state index in [4.69, 9.17) is 14.5 Å². The van der Waals surface area contributed by atoms with E-state index in [1.165, 1.54) is 0 Å². The predicted molar refractivity (Wildman–Crippen MR) is 101 cm³/mol. The zero-order chi connectivity index (χ0) is 17.9. The van der Waals surface area contributed by atoms with E-state index in [2.05, 4.69) is 33.1 Å². The molecule has 3 heterocycles. The minimum Gasteiger partial charge on any atom is -0.454 e. The number of rotatable bonds is 5. The summed E-state index contributed by atoms with van der Waals surface area (Å²) in [4.78, 5) is 14.1. The van der Waals surface area contributed by atoms with Crippen molar-refractivity contribution in [1.82, 2.24) is 14.9 Å². The number of benzene rings is 1. The first-order chi connectivity index (χ1) is 12.7. The van der Waals surface area contributed by atoms with E-state index >= 15 is 0 Å². The Labute approximate surface area is 153 Å². The van der Waals surface area contributed by atoms with Crippen LogP contribution >= 0.6 is 0 Å². The summed E-state index contributed by atoms with van der Waals surface area (Å²) in [5.74, 6) is 3.26. The summed E-state index contributed by atoms with van der Waals surface area (Å²) in [7, 11) is 0. The highest BCUT2D eigenvalue weighted by Crippen LogP contribution is 2.32. The van der Waals surface area contributed by atoms with Crippen molar-refractivity contribution in [2.24, 2.45) is 0 Å². The van der Waals surface area contributed by atoms with Crippen molar-refractivity contribution in [3.63, 3.8) is 0 Å². The number of aryl methyl sites for hydroxylation is 1. The molecule has 138 valence electrons. The van der Waals surface area contributed by atoms with Gasteiger partial charge in [-0.05, 0) is 31.2 Å². The minimum atomic E-state index is 0.294. The van der Waals surface area contributed by atoms with Crippen molar-refractivity contribution in [2.75, 3.05) is 49.7 Å². The van der Waals surface area contributed by atoms with Crippen LogP contribution in [0.2, 0.25) is 0 Å². The molecule has 1 N–H and O–H groups in total. The Kier molecular flexibility index (Phi) is 4.79. The van der Waals surface area contributed by atoms with Crippen molar-refractivity contribution < 1.29 is 9.47 Å². The van der Waals surface area contributed by atoms with Gasteiger partial charge in [-0.2, -0.15) is 4.98 Å². The number of piperazine rings is 1. The molecule has 2 aromatic rings. The molecule has 0 bridgehead atoms. The predicted octanol–water partition coefficient (Wildman–Crippen LogP) is 2.27. The topological polar surface area (TPSA) is 62.8 Å². The van der Waals surface area contributed by atoms with E-state index in [0.717, 1.165) is 61.3 Å². The SMILES string of the molecule is CCN1CCN(c2cc(C)nc(NCc3ccc4c(c3)OCO4)n2)CC1. The largest absolute Gasteiger partial charge is 0.454 e. The van der Waals surface area contributed by atoms with E-state index in [-0.39, 0.29) is 0 Å². The van der Waals surface area contributed by atoms with Crippen LogP contribution in [0.25, 0.3) is 0 Å². The lowest BCUT2D eigenvalue weighted by Crippen LogP contribution is -2.46. The zero-order valence-electron chi connectivity index (χ0n) is 15.4. The van der Waals surface area contributed by atoms with E-state index in [1.54, 1.807) is 0 Å². The summed E-state index contributed by atoms with van der Waals surface area (Å²) < 4.78 is 10.8. The molecule has 2 aliphatic heterocycles. The summed E-state index contributed by atoms with van der Waals surface area (Å²) in [6.07, 6.45) is 0. The zero-order valence-corrected chi connectivity index (χ0v) is 15.4. The van der Waals surface area contributed by atoms with Crippen LogP contribution in [0.3, 0.4) is 0 Å². The third-order valence-corrected chi connectivity index (χ3v) is 4.87. The van der Waals surface area contributed by atoms with Gasteiger partial charge in [0.15, 0.2) is 11.5 Å². The molecule has 7 heteroatoms. The van der Waals surface area contributed by atoms with Crippen LogP contribution in [0, 0.1) is 6.92 Å². The Balaban J connectivity index is 1.43. The molecule has 7 nitrogen and oxygen atoms in total. The van der Waals surface area contributed by atoms with Crippen LogP contribution < -0.4 is 19.7 Å².